The quantitative estimate of drug-likeness (QED) is 0.456. The molecular weight excluding hydrogens is 422 g/mol. The number of aryl methyl sites for hydroxylation is 1. The van der Waals surface area contributed by atoms with Gasteiger partial charge in [-0.3, -0.25) is 23.9 Å². The summed E-state index contributed by atoms with van der Waals surface area (Å²) in [5.74, 6) is 0.688. The maximum absolute atomic E-state index is 13.4. The normalized spacial score (nSPS) is 15.0. The Morgan fingerprint density at radius 3 is 2.79 bits per heavy atom. The molecule has 4 aromatic heterocycles. The van der Waals surface area contributed by atoms with Crippen molar-refractivity contribution in [3.63, 3.8) is 0 Å². The molecule has 0 radical (unpaired) electrons. The van der Waals surface area contributed by atoms with Crippen molar-refractivity contribution in [2.45, 2.75) is 18.9 Å². The fourth-order valence-corrected chi connectivity index (χ4v) is 4.65. The number of hydrogen-bond donors (Lipinski definition) is 1. The molecule has 1 aromatic carbocycles. The van der Waals surface area contributed by atoms with Crippen LogP contribution in [0.25, 0.3) is 38.8 Å². The van der Waals surface area contributed by atoms with Crippen molar-refractivity contribution >= 4 is 21.9 Å². The standard InChI is InChI=1S/C23H23N7O3/c1-28-20-12-24-19-8-21(32-2)17(14-9-25-26-10-14)7-18(19)22(20)30(23(28)31)16-11-27-29(13-16)15-3-5-33-6-4-15/h7-13,15H,3-6H2,1-2H3,(H,25,26). The van der Waals surface area contributed by atoms with Crippen LogP contribution in [0, 0.1) is 0 Å². The first-order chi connectivity index (χ1) is 16.2. The molecule has 10 heteroatoms. The highest BCUT2D eigenvalue weighted by Gasteiger charge is 2.21. The molecule has 0 spiro atoms. The summed E-state index contributed by atoms with van der Waals surface area (Å²) in [5, 5.41) is 12.4. The Morgan fingerprint density at radius 1 is 1.18 bits per heavy atom. The molecule has 10 nitrogen and oxygen atoms in total. The molecule has 0 saturated carbocycles. The lowest BCUT2D eigenvalue weighted by atomic mass is 10.0. The van der Waals surface area contributed by atoms with E-state index < -0.39 is 0 Å². The average Bonchev–Trinajstić information content (AvgIpc) is 3.60. The number of aromatic nitrogens is 7. The van der Waals surface area contributed by atoms with E-state index in [0.717, 1.165) is 64.8 Å². The highest BCUT2D eigenvalue weighted by Crippen LogP contribution is 2.36. The third kappa shape index (κ3) is 3.05. The summed E-state index contributed by atoms with van der Waals surface area (Å²) in [4.78, 5) is 18.0. The number of ether oxygens (including phenoxy) is 2. The number of pyridine rings is 1. The number of methoxy groups -OCH3 is 1. The number of hydrogen-bond acceptors (Lipinski definition) is 6. The van der Waals surface area contributed by atoms with E-state index in [1.165, 1.54) is 0 Å². The zero-order chi connectivity index (χ0) is 22.5. The minimum atomic E-state index is -0.147. The molecule has 33 heavy (non-hydrogen) atoms. The van der Waals surface area contributed by atoms with Gasteiger partial charge < -0.3 is 9.47 Å². The van der Waals surface area contributed by atoms with Crippen molar-refractivity contribution in [3.8, 4) is 22.6 Å². The van der Waals surface area contributed by atoms with Gasteiger partial charge in [0.25, 0.3) is 0 Å². The van der Waals surface area contributed by atoms with Gasteiger partial charge in [-0.05, 0) is 18.9 Å². The van der Waals surface area contributed by atoms with Gasteiger partial charge in [0.2, 0.25) is 0 Å². The molecule has 168 valence electrons. The highest BCUT2D eigenvalue weighted by molar-refractivity contribution is 6.05. The lowest BCUT2D eigenvalue weighted by Gasteiger charge is -2.22. The summed E-state index contributed by atoms with van der Waals surface area (Å²) in [6, 6.07) is 4.17. The largest absolute Gasteiger partial charge is 0.496 e. The van der Waals surface area contributed by atoms with E-state index in [9.17, 15) is 4.79 Å². The molecule has 0 amide bonds. The second-order valence-electron chi connectivity index (χ2n) is 8.25. The van der Waals surface area contributed by atoms with E-state index >= 15 is 0 Å². The van der Waals surface area contributed by atoms with Crippen molar-refractivity contribution < 1.29 is 9.47 Å². The van der Waals surface area contributed by atoms with Crippen LogP contribution in [0.1, 0.15) is 18.9 Å². The van der Waals surface area contributed by atoms with Gasteiger partial charge in [0.1, 0.15) is 5.75 Å². The Morgan fingerprint density at radius 2 is 2.03 bits per heavy atom. The van der Waals surface area contributed by atoms with Gasteiger partial charge in [-0.15, -0.1) is 0 Å². The van der Waals surface area contributed by atoms with Crippen molar-refractivity contribution in [2.75, 3.05) is 20.3 Å². The first kappa shape index (κ1) is 19.7. The third-order valence-corrected chi connectivity index (χ3v) is 6.42. The number of benzene rings is 1. The molecule has 0 bridgehead atoms. The number of H-pyrrole nitrogens is 1. The lowest BCUT2D eigenvalue weighted by Crippen LogP contribution is -2.21. The Hall–Kier alpha value is -3.92. The van der Waals surface area contributed by atoms with E-state index in [1.54, 1.807) is 41.9 Å². The fraction of sp³-hybridized carbons (Fsp3) is 0.304. The zero-order valence-electron chi connectivity index (χ0n) is 18.4. The molecule has 1 saturated heterocycles. The minimum Gasteiger partial charge on any atom is -0.496 e. The maximum atomic E-state index is 13.4. The SMILES string of the molecule is COc1cc2ncc3c(c2cc1-c1cn[nH]c1)n(-c1cnn(C2CCOCC2)c1)c(=O)n3C. The van der Waals surface area contributed by atoms with Gasteiger partial charge >= 0.3 is 5.69 Å². The molecule has 1 aliphatic rings. The number of nitrogens with zero attached hydrogens (tertiary/aromatic N) is 6. The molecule has 1 fully saturated rings. The molecular formula is C23H23N7O3. The van der Waals surface area contributed by atoms with E-state index in [4.69, 9.17) is 9.47 Å². The molecule has 6 rings (SSSR count). The van der Waals surface area contributed by atoms with Crippen LogP contribution >= 0.6 is 0 Å². The summed E-state index contributed by atoms with van der Waals surface area (Å²) in [6.45, 7) is 1.45. The van der Waals surface area contributed by atoms with Gasteiger partial charge in [-0.2, -0.15) is 10.2 Å². The Balaban J connectivity index is 1.61. The Kier molecular flexibility index (Phi) is 4.54. The summed E-state index contributed by atoms with van der Waals surface area (Å²) in [5.41, 5.74) is 4.61. The van der Waals surface area contributed by atoms with Crippen molar-refractivity contribution in [1.82, 2.24) is 34.1 Å². The topological polar surface area (TPSA) is 105 Å². The van der Waals surface area contributed by atoms with Gasteiger partial charge in [0, 0.05) is 55.2 Å². The molecule has 1 N–H and O–H groups in total. The van der Waals surface area contributed by atoms with Gasteiger partial charge in [-0.1, -0.05) is 0 Å². The number of fused-ring (bicyclic) bond motifs is 3. The fourth-order valence-electron chi connectivity index (χ4n) is 4.65. The monoisotopic (exact) mass is 445 g/mol. The predicted octanol–water partition coefficient (Wildman–Crippen LogP) is 2.82. The molecule has 5 heterocycles. The van der Waals surface area contributed by atoms with Crippen LogP contribution < -0.4 is 10.4 Å². The molecule has 1 aliphatic heterocycles. The van der Waals surface area contributed by atoms with Crippen LogP contribution in [-0.2, 0) is 11.8 Å². The zero-order valence-corrected chi connectivity index (χ0v) is 18.4. The summed E-state index contributed by atoms with van der Waals surface area (Å²) in [7, 11) is 3.39. The summed E-state index contributed by atoms with van der Waals surface area (Å²) >= 11 is 0. The van der Waals surface area contributed by atoms with Crippen molar-refractivity contribution in [1.29, 1.82) is 0 Å². The second kappa shape index (κ2) is 7.59. The second-order valence-corrected chi connectivity index (χ2v) is 8.25. The van der Waals surface area contributed by atoms with Crippen molar-refractivity contribution in [2.24, 2.45) is 7.05 Å². The summed E-state index contributed by atoms with van der Waals surface area (Å²) in [6.07, 6.45) is 10.8. The number of imidazole rings is 1. The molecule has 0 unspecified atom stereocenters. The molecule has 0 atom stereocenters. The smallest absolute Gasteiger partial charge is 0.333 e. The van der Waals surface area contributed by atoms with Crippen LogP contribution in [0.15, 0.2) is 47.9 Å². The lowest BCUT2D eigenvalue weighted by molar-refractivity contribution is 0.0662. The maximum Gasteiger partial charge on any atom is 0.333 e. The van der Waals surface area contributed by atoms with Crippen molar-refractivity contribution in [3.05, 3.63) is 53.6 Å². The first-order valence-electron chi connectivity index (χ1n) is 10.9. The van der Waals surface area contributed by atoms with E-state index in [-0.39, 0.29) is 11.7 Å². The van der Waals surface area contributed by atoms with Crippen LogP contribution in [0.3, 0.4) is 0 Å². The van der Waals surface area contributed by atoms with Crippen LogP contribution in [0.5, 0.6) is 5.75 Å². The molecule has 5 aromatic rings. The Labute approximate surface area is 188 Å². The third-order valence-electron chi connectivity index (χ3n) is 6.42. The van der Waals surface area contributed by atoms with Crippen LogP contribution in [-0.4, -0.2) is 54.4 Å². The van der Waals surface area contributed by atoms with Crippen LogP contribution in [0.2, 0.25) is 0 Å². The summed E-state index contributed by atoms with van der Waals surface area (Å²) < 4.78 is 16.4. The molecule has 0 aliphatic carbocycles. The first-order valence-corrected chi connectivity index (χ1v) is 10.9. The van der Waals surface area contributed by atoms with Gasteiger partial charge in [0.05, 0.1) is 54.0 Å². The number of aromatic amines is 1. The number of rotatable bonds is 4. The minimum absolute atomic E-state index is 0.147. The van der Waals surface area contributed by atoms with Gasteiger partial charge in [0.15, 0.2) is 0 Å². The predicted molar refractivity (Wildman–Crippen MR) is 123 cm³/mol. The van der Waals surface area contributed by atoms with E-state index in [0.29, 0.717) is 5.75 Å². The van der Waals surface area contributed by atoms with E-state index in [2.05, 4.69) is 20.3 Å². The van der Waals surface area contributed by atoms with E-state index in [1.807, 2.05) is 29.2 Å². The average molecular weight is 445 g/mol. The van der Waals surface area contributed by atoms with Crippen LogP contribution in [0.4, 0.5) is 0 Å². The number of nitrogens with one attached hydrogen (secondary N) is 1. The highest BCUT2D eigenvalue weighted by atomic mass is 16.5. The Bertz CT molecular complexity index is 1520. The van der Waals surface area contributed by atoms with Gasteiger partial charge in [-0.25, -0.2) is 4.79 Å².